The molecule has 1 fully saturated rings. The number of carbonyl (C=O) groups excluding carboxylic acids is 1. The highest BCUT2D eigenvalue weighted by atomic mass is 35.5. The number of hydrogen-bond acceptors (Lipinski definition) is 6. The third kappa shape index (κ3) is 3.30. The van der Waals surface area contributed by atoms with Crippen molar-refractivity contribution in [1.29, 1.82) is 0 Å². The predicted octanol–water partition coefficient (Wildman–Crippen LogP) is 1.08. The summed E-state index contributed by atoms with van der Waals surface area (Å²) in [5.74, 6) is 0.0370. The molecule has 98 valence electrons. The van der Waals surface area contributed by atoms with Crippen LogP contribution in [0.25, 0.3) is 0 Å². The summed E-state index contributed by atoms with van der Waals surface area (Å²) in [6, 6.07) is 1.89. The number of rotatable bonds is 3. The summed E-state index contributed by atoms with van der Waals surface area (Å²) in [6.07, 6.45) is 2.02. The molecule has 0 aliphatic carbocycles. The lowest BCUT2D eigenvalue weighted by molar-refractivity contribution is 0.0594. The molecular formula is C11H15ClN4O2. The van der Waals surface area contributed by atoms with Crippen molar-refractivity contribution in [2.75, 3.05) is 25.5 Å². The van der Waals surface area contributed by atoms with Crippen LogP contribution in [0.2, 0.25) is 5.28 Å². The van der Waals surface area contributed by atoms with Gasteiger partial charge >= 0.3 is 5.97 Å². The van der Waals surface area contributed by atoms with Crippen molar-refractivity contribution in [3.63, 3.8) is 0 Å². The molecule has 2 rings (SSSR count). The smallest absolute Gasteiger partial charge is 0.356 e. The molecule has 6 nitrogen and oxygen atoms in total. The summed E-state index contributed by atoms with van der Waals surface area (Å²) in [5, 5.41) is 6.57. The lowest BCUT2D eigenvalue weighted by atomic mass is 10.1. The maximum atomic E-state index is 11.4. The zero-order valence-corrected chi connectivity index (χ0v) is 10.8. The molecule has 0 aromatic carbocycles. The fraction of sp³-hybridized carbons (Fsp3) is 0.545. The number of nitrogens with zero attached hydrogens (tertiary/aromatic N) is 2. The highest BCUT2D eigenvalue weighted by molar-refractivity contribution is 6.28. The lowest BCUT2D eigenvalue weighted by Crippen LogP contribution is -2.35. The standard InChI is InChI=1S/C11H15ClN4O2/c1-18-10(17)8-6-9(16-11(12)15-8)14-7-2-4-13-5-3-7/h6-7,13H,2-5H2,1H3,(H,14,15,16). The van der Waals surface area contributed by atoms with Gasteiger partial charge in [-0.25, -0.2) is 14.8 Å². The fourth-order valence-electron chi connectivity index (χ4n) is 1.88. The molecule has 0 unspecified atom stereocenters. The molecule has 1 aliphatic heterocycles. The minimum absolute atomic E-state index is 0.0364. The van der Waals surface area contributed by atoms with Crippen LogP contribution < -0.4 is 10.6 Å². The van der Waals surface area contributed by atoms with Gasteiger partial charge in [-0.05, 0) is 37.5 Å². The van der Waals surface area contributed by atoms with Gasteiger partial charge in [0.1, 0.15) is 5.82 Å². The van der Waals surface area contributed by atoms with Gasteiger partial charge in [0.25, 0.3) is 0 Å². The van der Waals surface area contributed by atoms with E-state index in [9.17, 15) is 4.79 Å². The first-order valence-corrected chi connectivity index (χ1v) is 6.17. The summed E-state index contributed by atoms with van der Waals surface area (Å²) in [7, 11) is 1.30. The monoisotopic (exact) mass is 270 g/mol. The van der Waals surface area contributed by atoms with E-state index in [2.05, 4.69) is 25.3 Å². The molecule has 7 heteroatoms. The Bertz CT molecular complexity index is 435. The number of anilines is 1. The maximum Gasteiger partial charge on any atom is 0.356 e. The Hall–Kier alpha value is -1.40. The molecule has 1 saturated heterocycles. The minimum Gasteiger partial charge on any atom is -0.464 e. The van der Waals surface area contributed by atoms with Crippen molar-refractivity contribution in [3.8, 4) is 0 Å². The molecule has 0 bridgehead atoms. The molecule has 1 aromatic rings. The zero-order valence-electron chi connectivity index (χ0n) is 10.1. The number of aromatic nitrogens is 2. The molecule has 1 aliphatic rings. The average Bonchev–Trinajstić information content (AvgIpc) is 2.38. The molecule has 1 aromatic heterocycles. The van der Waals surface area contributed by atoms with E-state index in [1.807, 2.05) is 0 Å². The summed E-state index contributed by atoms with van der Waals surface area (Å²) in [6.45, 7) is 1.95. The number of halogens is 1. The quantitative estimate of drug-likeness (QED) is 0.632. The van der Waals surface area contributed by atoms with Gasteiger partial charge in [0.05, 0.1) is 7.11 Å². The van der Waals surface area contributed by atoms with Gasteiger partial charge < -0.3 is 15.4 Å². The fourth-order valence-corrected chi connectivity index (χ4v) is 2.06. The van der Waals surface area contributed by atoms with E-state index in [1.54, 1.807) is 6.07 Å². The molecule has 0 atom stereocenters. The van der Waals surface area contributed by atoms with Crippen LogP contribution in [0.4, 0.5) is 5.82 Å². The summed E-state index contributed by atoms with van der Waals surface area (Å²) in [4.78, 5) is 19.3. The third-order valence-electron chi connectivity index (χ3n) is 2.78. The second-order valence-corrected chi connectivity index (χ2v) is 4.41. The number of piperidine rings is 1. The molecule has 0 spiro atoms. The van der Waals surface area contributed by atoms with Crippen molar-refractivity contribution in [2.45, 2.75) is 18.9 Å². The zero-order chi connectivity index (χ0) is 13.0. The van der Waals surface area contributed by atoms with E-state index in [1.165, 1.54) is 7.11 Å². The molecule has 18 heavy (non-hydrogen) atoms. The maximum absolute atomic E-state index is 11.4. The number of methoxy groups -OCH3 is 1. The van der Waals surface area contributed by atoms with Crippen LogP contribution in [0, 0.1) is 0 Å². The number of carbonyl (C=O) groups is 1. The van der Waals surface area contributed by atoms with E-state index in [4.69, 9.17) is 11.6 Å². The number of esters is 1. The van der Waals surface area contributed by atoms with Gasteiger partial charge in [0, 0.05) is 12.1 Å². The van der Waals surface area contributed by atoms with Crippen LogP contribution in [-0.2, 0) is 4.74 Å². The van der Waals surface area contributed by atoms with Gasteiger partial charge in [-0.2, -0.15) is 0 Å². The molecule has 2 N–H and O–H groups in total. The van der Waals surface area contributed by atoms with E-state index in [0.717, 1.165) is 25.9 Å². The Kier molecular flexibility index (Phi) is 4.33. The molecule has 2 heterocycles. The van der Waals surface area contributed by atoms with Gasteiger partial charge in [-0.3, -0.25) is 0 Å². The van der Waals surface area contributed by atoms with Crippen LogP contribution >= 0.6 is 11.6 Å². The highest BCUT2D eigenvalue weighted by Crippen LogP contribution is 2.15. The number of nitrogens with one attached hydrogen (secondary N) is 2. The Morgan fingerprint density at radius 2 is 2.22 bits per heavy atom. The second-order valence-electron chi connectivity index (χ2n) is 4.07. The van der Waals surface area contributed by atoms with Crippen molar-refractivity contribution >= 4 is 23.4 Å². The summed E-state index contributed by atoms with van der Waals surface area (Å²) in [5.41, 5.74) is 0.161. The summed E-state index contributed by atoms with van der Waals surface area (Å²) < 4.78 is 4.61. The molecule has 0 radical (unpaired) electrons. The number of hydrogen-bond donors (Lipinski definition) is 2. The van der Waals surface area contributed by atoms with Crippen LogP contribution in [0.15, 0.2) is 6.07 Å². The predicted molar refractivity (Wildman–Crippen MR) is 67.9 cm³/mol. The van der Waals surface area contributed by atoms with Crippen LogP contribution in [-0.4, -0.2) is 42.2 Å². The van der Waals surface area contributed by atoms with Crippen LogP contribution in [0.5, 0.6) is 0 Å². The Labute approximate surface area is 110 Å². The van der Waals surface area contributed by atoms with Crippen LogP contribution in [0.3, 0.4) is 0 Å². The molecule has 0 saturated carbocycles. The van der Waals surface area contributed by atoms with Gasteiger partial charge in [0.2, 0.25) is 5.28 Å². The lowest BCUT2D eigenvalue weighted by Gasteiger charge is -2.24. The Morgan fingerprint density at radius 3 is 2.89 bits per heavy atom. The average molecular weight is 271 g/mol. The van der Waals surface area contributed by atoms with Crippen molar-refractivity contribution < 1.29 is 9.53 Å². The minimum atomic E-state index is -0.521. The topological polar surface area (TPSA) is 76.1 Å². The second kappa shape index (κ2) is 5.97. The first kappa shape index (κ1) is 13.0. The highest BCUT2D eigenvalue weighted by Gasteiger charge is 2.16. The molecular weight excluding hydrogens is 256 g/mol. The normalized spacial score (nSPS) is 16.3. The van der Waals surface area contributed by atoms with Gasteiger partial charge in [-0.15, -0.1) is 0 Å². The number of ether oxygens (including phenoxy) is 1. The van der Waals surface area contributed by atoms with E-state index >= 15 is 0 Å². The first-order valence-electron chi connectivity index (χ1n) is 5.79. The van der Waals surface area contributed by atoms with E-state index < -0.39 is 5.97 Å². The van der Waals surface area contributed by atoms with Crippen molar-refractivity contribution in [2.24, 2.45) is 0 Å². The SMILES string of the molecule is COC(=O)c1cc(NC2CCNCC2)nc(Cl)n1. The third-order valence-corrected chi connectivity index (χ3v) is 2.95. The Morgan fingerprint density at radius 1 is 1.50 bits per heavy atom. The largest absolute Gasteiger partial charge is 0.464 e. The summed E-state index contributed by atoms with van der Waals surface area (Å²) >= 11 is 5.79. The van der Waals surface area contributed by atoms with Crippen molar-refractivity contribution in [3.05, 3.63) is 17.0 Å². The molecule has 0 amide bonds. The van der Waals surface area contributed by atoms with E-state index in [0.29, 0.717) is 11.9 Å². The Balaban J connectivity index is 2.11. The first-order chi connectivity index (χ1) is 8.69. The van der Waals surface area contributed by atoms with Crippen molar-refractivity contribution in [1.82, 2.24) is 15.3 Å². The van der Waals surface area contributed by atoms with Gasteiger partial charge in [0.15, 0.2) is 5.69 Å². The van der Waals surface area contributed by atoms with Gasteiger partial charge in [-0.1, -0.05) is 0 Å². The van der Waals surface area contributed by atoms with E-state index in [-0.39, 0.29) is 11.0 Å². The van der Waals surface area contributed by atoms with Crippen LogP contribution in [0.1, 0.15) is 23.3 Å².